The number of aromatic nitrogens is 1. The fourth-order valence-corrected chi connectivity index (χ4v) is 1.76. The summed E-state index contributed by atoms with van der Waals surface area (Å²) in [4.78, 5) is 26.6. The highest BCUT2D eigenvalue weighted by molar-refractivity contribution is 5.97. The molecule has 5 heteroatoms. The molecule has 5 nitrogen and oxygen atoms in total. The van der Waals surface area contributed by atoms with Crippen LogP contribution in [0.1, 0.15) is 17.3 Å². The Morgan fingerprint density at radius 3 is 2.89 bits per heavy atom. The first-order chi connectivity index (χ1) is 8.67. The predicted octanol–water partition coefficient (Wildman–Crippen LogP) is 1.29. The number of pyridine rings is 1. The monoisotopic (exact) mass is 246 g/mol. The summed E-state index contributed by atoms with van der Waals surface area (Å²) in [6.45, 7) is 2.40. The number of nitrogens with one attached hydrogen (secondary N) is 2. The number of aromatic amines is 1. The maximum absolute atomic E-state index is 12.1. The molecule has 2 aromatic rings. The van der Waals surface area contributed by atoms with E-state index in [1.54, 1.807) is 18.2 Å². The van der Waals surface area contributed by atoms with Crippen molar-refractivity contribution in [3.05, 3.63) is 40.2 Å². The van der Waals surface area contributed by atoms with E-state index in [4.69, 9.17) is 4.74 Å². The first-order valence-electron chi connectivity index (χ1n) is 5.67. The molecule has 1 heterocycles. The van der Waals surface area contributed by atoms with Crippen LogP contribution in [0.25, 0.3) is 10.9 Å². The second-order valence-corrected chi connectivity index (χ2v) is 3.75. The molecular formula is C13H14N2O3. The summed E-state index contributed by atoms with van der Waals surface area (Å²) in [6, 6.07) is 5.18. The summed E-state index contributed by atoms with van der Waals surface area (Å²) in [5.41, 5.74) is 0.472. The minimum Gasteiger partial charge on any atom is -0.494 e. The molecule has 1 aromatic carbocycles. The number of H-pyrrole nitrogens is 1. The third-order valence-corrected chi connectivity index (χ3v) is 2.63. The van der Waals surface area contributed by atoms with Crippen molar-refractivity contribution in [2.75, 3.05) is 13.7 Å². The molecule has 0 saturated heterocycles. The number of hydrogen-bond acceptors (Lipinski definition) is 3. The molecule has 0 atom stereocenters. The Balaban J connectivity index is 2.64. The summed E-state index contributed by atoms with van der Waals surface area (Å²) < 4.78 is 5.34. The maximum Gasteiger partial charge on any atom is 0.256 e. The molecule has 1 aromatic heterocycles. The van der Waals surface area contributed by atoms with Crippen LogP contribution < -0.4 is 15.5 Å². The second-order valence-electron chi connectivity index (χ2n) is 3.75. The van der Waals surface area contributed by atoms with E-state index in [1.165, 1.54) is 13.2 Å². The lowest BCUT2D eigenvalue weighted by Gasteiger charge is -2.05. The minimum atomic E-state index is -0.403. The van der Waals surface area contributed by atoms with Crippen LogP contribution in [0.3, 0.4) is 0 Å². The first-order valence-corrected chi connectivity index (χ1v) is 5.67. The molecule has 0 aliphatic carbocycles. The highest BCUT2D eigenvalue weighted by Crippen LogP contribution is 2.17. The van der Waals surface area contributed by atoms with Gasteiger partial charge in [-0.25, -0.2) is 0 Å². The van der Waals surface area contributed by atoms with Crippen LogP contribution in [0.15, 0.2) is 29.2 Å². The Bertz CT molecular complexity index is 646. The minimum absolute atomic E-state index is 0.0960. The molecule has 0 radical (unpaired) electrons. The Hall–Kier alpha value is -2.30. The van der Waals surface area contributed by atoms with Crippen molar-refractivity contribution < 1.29 is 9.53 Å². The molecule has 0 fully saturated rings. The van der Waals surface area contributed by atoms with E-state index in [9.17, 15) is 9.59 Å². The van der Waals surface area contributed by atoms with E-state index in [-0.39, 0.29) is 11.0 Å². The van der Waals surface area contributed by atoms with Crippen LogP contribution in [-0.2, 0) is 0 Å². The summed E-state index contributed by atoms with van der Waals surface area (Å²) in [7, 11) is 1.49. The molecule has 2 rings (SSSR count). The van der Waals surface area contributed by atoms with Crippen molar-refractivity contribution in [1.29, 1.82) is 0 Å². The van der Waals surface area contributed by atoms with E-state index < -0.39 is 5.91 Å². The third kappa shape index (κ3) is 2.07. The topological polar surface area (TPSA) is 71.2 Å². The fraction of sp³-hybridized carbons (Fsp3) is 0.231. The van der Waals surface area contributed by atoms with Crippen molar-refractivity contribution in [1.82, 2.24) is 10.3 Å². The zero-order valence-corrected chi connectivity index (χ0v) is 10.2. The van der Waals surface area contributed by atoms with Gasteiger partial charge in [-0.05, 0) is 25.1 Å². The number of carbonyl (C=O) groups is 1. The summed E-state index contributed by atoms with van der Waals surface area (Å²) in [5, 5.41) is 2.88. The van der Waals surface area contributed by atoms with Gasteiger partial charge in [0.1, 0.15) is 11.3 Å². The molecule has 94 valence electrons. The van der Waals surface area contributed by atoms with Crippen LogP contribution in [-0.4, -0.2) is 24.5 Å². The average molecular weight is 246 g/mol. The van der Waals surface area contributed by atoms with Gasteiger partial charge in [0, 0.05) is 24.1 Å². The van der Waals surface area contributed by atoms with Crippen LogP contribution in [0, 0.1) is 0 Å². The number of carbonyl (C=O) groups excluding carboxylic acids is 1. The zero-order valence-electron chi connectivity index (χ0n) is 10.2. The molecular weight excluding hydrogens is 232 g/mol. The lowest BCUT2D eigenvalue weighted by Crippen LogP contribution is -2.25. The van der Waals surface area contributed by atoms with Crippen molar-refractivity contribution >= 4 is 16.8 Å². The molecule has 1 amide bonds. The Kier molecular flexibility index (Phi) is 3.32. The van der Waals surface area contributed by atoms with Gasteiger partial charge < -0.3 is 15.0 Å². The van der Waals surface area contributed by atoms with Gasteiger partial charge in [-0.2, -0.15) is 0 Å². The number of benzene rings is 1. The number of hydrogen-bond donors (Lipinski definition) is 2. The van der Waals surface area contributed by atoms with Crippen molar-refractivity contribution in [3.63, 3.8) is 0 Å². The van der Waals surface area contributed by atoms with E-state index >= 15 is 0 Å². The molecule has 0 aliphatic heterocycles. The summed E-state index contributed by atoms with van der Waals surface area (Å²) in [6.07, 6.45) is 1.42. The zero-order chi connectivity index (χ0) is 13.1. The van der Waals surface area contributed by atoms with Crippen LogP contribution >= 0.6 is 0 Å². The van der Waals surface area contributed by atoms with Crippen LogP contribution in [0.4, 0.5) is 0 Å². The van der Waals surface area contributed by atoms with Gasteiger partial charge in [-0.3, -0.25) is 9.59 Å². The number of amides is 1. The Morgan fingerprint density at radius 2 is 2.22 bits per heavy atom. The quantitative estimate of drug-likeness (QED) is 0.857. The van der Waals surface area contributed by atoms with Gasteiger partial charge in [0.05, 0.1) is 6.61 Å². The number of fused-ring (bicyclic) bond motifs is 1. The van der Waals surface area contributed by atoms with Gasteiger partial charge in [0.15, 0.2) is 0 Å². The number of rotatable bonds is 3. The Morgan fingerprint density at radius 1 is 1.44 bits per heavy atom. The molecule has 0 unspecified atom stereocenters. The standard InChI is InChI=1S/C13H14N2O3/c1-3-18-8-4-5-11-9(6-8)12(16)10(7-15-11)13(17)14-2/h4-7H,3H2,1-2H3,(H,14,17)(H,15,16). The van der Waals surface area contributed by atoms with Gasteiger partial charge in [0.25, 0.3) is 5.91 Å². The van der Waals surface area contributed by atoms with Gasteiger partial charge >= 0.3 is 0 Å². The Labute approximate surface area is 104 Å². The van der Waals surface area contributed by atoms with Gasteiger partial charge in [0.2, 0.25) is 5.43 Å². The van der Waals surface area contributed by atoms with Crippen molar-refractivity contribution in [2.24, 2.45) is 0 Å². The largest absolute Gasteiger partial charge is 0.494 e. The summed E-state index contributed by atoms with van der Waals surface area (Å²) >= 11 is 0. The number of ether oxygens (including phenoxy) is 1. The van der Waals surface area contributed by atoms with Crippen LogP contribution in [0.5, 0.6) is 5.75 Å². The van der Waals surface area contributed by atoms with Crippen molar-refractivity contribution in [3.8, 4) is 5.75 Å². The maximum atomic E-state index is 12.1. The molecule has 0 bridgehead atoms. The van der Waals surface area contributed by atoms with Crippen LogP contribution in [0.2, 0.25) is 0 Å². The highest BCUT2D eigenvalue weighted by Gasteiger charge is 2.11. The predicted molar refractivity (Wildman–Crippen MR) is 69.1 cm³/mol. The van der Waals surface area contributed by atoms with E-state index in [1.807, 2.05) is 6.92 Å². The molecule has 2 N–H and O–H groups in total. The highest BCUT2D eigenvalue weighted by atomic mass is 16.5. The van der Waals surface area contributed by atoms with E-state index in [0.717, 1.165) is 0 Å². The molecule has 0 saturated carbocycles. The first kappa shape index (κ1) is 12.2. The lowest BCUT2D eigenvalue weighted by molar-refractivity contribution is 0.0962. The summed E-state index contributed by atoms with van der Waals surface area (Å²) in [5.74, 6) is 0.213. The molecule has 0 spiro atoms. The average Bonchev–Trinajstić information content (AvgIpc) is 2.39. The molecule has 0 aliphatic rings. The van der Waals surface area contributed by atoms with Crippen molar-refractivity contribution in [2.45, 2.75) is 6.92 Å². The normalized spacial score (nSPS) is 10.3. The van der Waals surface area contributed by atoms with Gasteiger partial charge in [-0.1, -0.05) is 0 Å². The SMILES string of the molecule is CCOc1ccc2[nH]cc(C(=O)NC)c(=O)c2c1. The van der Waals surface area contributed by atoms with E-state index in [2.05, 4.69) is 10.3 Å². The smallest absolute Gasteiger partial charge is 0.256 e. The molecule has 18 heavy (non-hydrogen) atoms. The second kappa shape index (κ2) is 4.91. The fourth-order valence-electron chi connectivity index (χ4n) is 1.76. The third-order valence-electron chi connectivity index (χ3n) is 2.63. The van der Waals surface area contributed by atoms with Gasteiger partial charge in [-0.15, -0.1) is 0 Å². The lowest BCUT2D eigenvalue weighted by atomic mass is 10.1. The van der Waals surface area contributed by atoms with E-state index in [0.29, 0.717) is 23.3 Å².